The van der Waals surface area contributed by atoms with Gasteiger partial charge in [0.25, 0.3) is 0 Å². The van der Waals surface area contributed by atoms with Crippen LogP contribution in [0.4, 0.5) is 14.6 Å². The molecule has 0 spiro atoms. The van der Waals surface area contributed by atoms with Crippen LogP contribution in [0.25, 0.3) is 32.9 Å². The number of pyridine rings is 1. The van der Waals surface area contributed by atoms with Crippen LogP contribution in [0.15, 0.2) is 36.5 Å². The van der Waals surface area contributed by atoms with Gasteiger partial charge < -0.3 is 15.0 Å². The Kier molecular flexibility index (Phi) is 7.34. The number of fused-ring (bicyclic) bond motifs is 5. The second-order valence-electron chi connectivity index (χ2n) is 13.9. The quantitative estimate of drug-likeness (QED) is 0.242. The molecule has 2 aromatic heterocycles. The summed E-state index contributed by atoms with van der Waals surface area (Å²) in [5, 5.41) is 5.38. The van der Waals surface area contributed by atoms with Crippen molar-refractivity contribution in [2.24, 2.45) is 11.8 Å². The van der Waals surface area contributed by atoms with Gasteiger partial charge in [-0.25, -0.2) is 8.78 Å². The molecule has 2 aromatic carbocycles. The lowest BCUT2D eigenvalue weighted by atomic mass is 9.86. The van der Waals surface area contributed by atoms with Crippen molar-refractivity contribution in [3.8, 4) is 29.6 Å². The van der Waals surface area contributed by atoms with Crippen LogP contribution in [0, 0.1) is 35.8 Å². The lowest BCUT2D eigenvalue weighted by Crippen LogP contribution is -2.51. The monoisotopic (exact) mass is 622 g/mol. The standard InChI is InChI=1S/C37H40F2N6O/c1-4-22-14-37(15-23(5-2)18-45(37)17-22)21-46-36-42-34-29(35(43-36)44-19-25-11-12-26(20-44)41-25)16-40-33(32(34)39)28-9-7-8-24-10-13-30(38)27(6-3)31(24)28/h3,7-10,13,16,22-23,25-26,41H,4-5,11-12,14-15,17-21H2,1-2H3/t22?,23?,25-,26+,37?. The predicted molar refractivity (Wildman–Crippen MR) is 177 cm³/mol. The molecule has 7 nitrogen and oxygen atoms in total. The highest BCUT2D eigenvalue weighted by molar-refractivity contribution is 6.02. The van der Waals surface area contributed by atoms with Crippen LogP contribution in [0.1, 0.15) is 57.9 Å². The Morgan fingerprint density at radius 2 is 1.74 bits per heavy atom. The zero-order chi connectivity index (χ0) is 31.6. The van der Waals surface area contributed by atoms with Crippen molar-refractivity contribution in [2.45, 2.75) is 70.0 Å². The molecule has 2 unspecified atom stereocenters. The number of nitrogens with zero attached hydrogens (tertiary/aromatic N) is 5. The second-order valence-corrected chi connectivity index (χ2v) is 13.9. The number of hydrogen-bond donors (Lipinski definition) is 1. The van der Waals surface area contributed by atoms with Crippen LogP contribution < -0.4 is 15.0 Å². The minimum Gasteiger partial charge on any atom is -0.461 e. The SMILES string of the molecule is C#Cc1c(F)ccc2cccc(-c3ncc4c(N5C[C@H]6CC[C@@H](C5)N6)nc(OCC56CC(CC)CN5CC(CC)C6)nc4c3F)c12. The molecule has 8 rings (SSSR count). The summed E-state index contributed by atoms with van der Waals surface area (Å²) in [6, 6.07) is 9.28. The predicted octanol–water partition coefficient (Wildman–Crippen LogP) is 6.32. The van der Waals surface area contributed by atoms with Gasteiger partial charge in [-0.1, -0.05) is 56.9 Å². The maximum absolute atomic E-state index is 16.9. The summed E-state index contributed by atoms with van der Waals surface area (Å²) in [6.07, 6.45) is 14.1. The Hall–Kier alpha value is -3.87. The highest BCUT2D eigenvalue weighted by Crippen LogP contribution is 2.46. The summed E-state index contributed by atoms with van der Waals surface area (Å²) < 4.78 is 38.3. The third-order valence-corrected chi connectivity index (χ3v) is 11.1. The van der Waals surface area contributed by atoms with Gasteiger partial charge in [0.2, 0.25) is 0 Å². The van der Waals surface area contributed by atoms with E-state index in [1.807, 2.05) is 6.07 Å². The molecule has 4 aliphatic heterocycles. The molecule has 4 aromatic rings. The molecule has 238 valence electrons. The summed E-state index contributed by atoms with van der Waals surface area (Å²) in [4.78, 5) is 19.2. The largest absolute Gasteiger partial charge is 0.461 e. The molecule has 4 fully saturated rings. The van der Waals surface area contributed by atoms with Crippen molar-refractivity contribution in [1.29, 1.82) is 0 Å². The van der Waals surface area contributed by atoms with Gasteiger partial charge in [-0.15, -0.1) is 6.42 Å². The summed E-state index contributed by atoms with van der Waals surface area (Å²) in [5.74, 6) is 3.29. The molecule has 4 aliphatic rings. The fourth-order valence-electron chi connectivity index (χ4n) is 8.76. The molecule has 46 heavy (non-hydrogen) atoms. The second kappa shape index (κ2) is 11.4. The van der Waals surface area contributed by atoms with Crippen LogP contribution in [0.5, 0.6) is 6.01 Å². The van der Waals surface area contributed by atoms with Gasteiger partial charge in [0.1, 0.15) is 29.5 Å². The van der Waals surface area contributed by atoms with Crippen LogP contribution in [0.2, 0.25) is 0 Å². The molecule has 4 atom stereocenters. The fraction of sp³-hybridized carbons (Fsp3) is 0.486. The average Bonchev–Trinajstić information content (AvgIpc) is 3.72. The van der Waals surface area contributed by atoms with Gasteiger partial charge in [-0.05, 0) is 49.0 Å². The van der Waals surface area contributed by atoms with E-state index in [4.69, 9.17) is 21.1 Å². The number of terminal acetylenes is 1. The molecule has 0 saturated carbocycles. The summed E-state index contributed by atoms with van der Waals surface area (Å²) in [7, 11) is 0. The number of anilines is 1. The van der Waals surface area contributed by atoms with Crippen LogP contribution in [-0.4, -0.2) is 70.3 Å². The average molecular weight is 623 g/mol. The molecule has 1 N–H and O–H groups in total. The lowest BCUT2D eigenvalue weighted by Gasteiger charge is -2.34. The molecular formula is C37H40F2N6O. The number of benzene rings is 2. The van der Waals surface area contributed by atoms with Gasteiger partial charge in [0, 0.05) is 55.4 Å². The summed E-state index contributed by atoms with van der Waals surface area (Å²) in [6.45, 7) is 8.75. The third-order valence-electron chi connectivity index (χ3n) is 11.1. The first-order valence-corrected chi connectivity index (χ1v) is 16.8. The molecule has 9 heteroatoms. The van der Waals surface area contributed by atoms with Crippen molar-refractivity contribution < 1.29 is 13.5 Å². The van der Waals surface area contributed by atoms with Gasteiger partial charge in [0.05, 0.1) is 16.5 Å². The molecular weight excluding hydrogens is 582 g/mol. The van der Waals surface area contributed by atoms with Crippen LogP contribution in [-0.2, 0) is 0 Å². The Bertz CT molecular complexity index is 1840. The zero-order valence-corrected chi connectivity index (χ0v) is 26.5. The molecule has 0 amide bonds. The molecule has 4 saturated heterocycles. The fourth-order valence-corrected chi connectivity index (χ4v) is 8.76. The van der Waals surface area contributed by atoms with Crippen molar-refractivity contribution >= 4 is 27.5 Å². The first-order valence-electron chi connectivity index (χ1n) is 16.8. The summed E-state index contributed by atoms with van der Waals surface area (Å²) in [5.41, 5.74) is 0.690. The lowest BCUT2D eigenvalue weighted by molar-refractivity contribution is 0.107. The van der Waals surface area contributed by atoms with Crippen molar-refractivity contribution in [3.05, 3.63) is 53.7 Å². The van der Waals surface area contributed by atoms with Crippen LogP contribution >= 0.6 is 0 Å². The smallest absolute Gasteiger partial charge is 0.319 e. The normalized spacial score (nSPS) is 27.4. The Morgan fingerprint density at radius 1 is 1.00 bits per heavy atom. The van der Waals surface area contributed by atoms with E-state index in [0.29, 0.717) is 58.1 Å². The van der Waals surface area contributed by atoms with E-state index < -0.39 is 11.6 Å². The van der Waals surface area contributed by atoms with E-state index in [9.17, 15) is 4.39 Å². The van der Waals surface area contributed by atoms with E-state index in [-0.39, 0.29) is 28.3 Å². The number of aromatic nitrogens is 3. The highest BCUT2D eigenvalue weighted by Gasteiger charge is 2.51. The highest BCUT2D eigenvalue weighted by atomic mass is 19.1. The Morgan fingerprint density at radius 3 is 2.43 bits per heavy atom. The Labute approximate surface area is 268 Å². The number of nitrogens with one attached hydrogen (secondary N) is 1. The van der Waals surface area contributed by atoms with Crippen molar-refractivity contribution in [1.82, 2.24) is 25.2 Å². The molecule has 0 aliphatic carbocycles. The number of halogens is 2. The maximum atomic E-state index is 16.9. The van der Waals surface area contributed by atoms with E-state index in [0.717, 1.165) is 64.7 Å². The van der Waals surface area contributed by atoms with E-state index in [2.05, 4.69) is 39.9 Å². The van der Waals surface area contributed by atoms with E-state index >= 15 is 4.39 Å². The third kappa shape index (κ3) is 4.80. The van der Waals surface area contributed by atoms with Gasteiger partial charge in [0.15, 0.2) is 5.82 Å². The minimum atomic E-state index is -0.595. The topological polar surface area (TPSA) is 66.4 Å². The number of hydrogen-bond acceptors (Lipinski definition) is 7. The van der Waals surface area contributed by atoms with E-state index in [1.165, 1.54) is 6.07 Å². The zero-order valence-electron chi connectivity index (χ0n) is 26.5. The van der Waals surface area contributed by atoms with Gasteiger partial charge in [-0.2, -0.15) is 9.97 Å². The van der Waals surface area contributed by atoms with Crippen LogP contribution in [0.3, 0.4) is 0 Å². The first-order chi connectivity index (χ1) is 22.4. The van der Waals surface area contributed by atoms with Gasteiger partial charge in [-0.3, -0.25) is 9.88 Å². The van der Waals surface area contributed by atoms with E-state index in [1.54, 1.807) is 24.4 Å². The molecule has 0 radical (unpaired) electrons. The number of ether oxygens (including phenoxy) is 1. The molecule has 2 bridgehead atoms. The van der Waals surface area contributed by atoms with Crippen molar-refractivity contribution in [3.63, 3.8) is 0 Å². The van der Waals surface area contributed by atoms with Gasteiger partial charge >= 0.3 is 6.01 Å². The first kappa shape index (κ1) is 29.5. The summed E-state index contributed by atoms with van der Waals surface area (Å²) >= 11 is 0. The Balaban J connectivity index is 1.24. The number of piperazine rings is 1. The molecule has 6 heterocycles. The van der Waals surface area contributed by atoms with Crippen molar-refractivity contribution in [2.75, 3.05) is 37.7 Å². The number of rotatable bonds is 7. The minimum absolute atomic E-state index is 0.0470. The maximum Gasteiger partial charge on any atom is 0.319 e.